The van der Waals surface area contributed by atoms with Crippen LogP contribution in [0.25, 0.3) is 0 Å². The Labute approximate surface area is 126 Å². The first-order chi connectivity index (χ1) is 10.3. The Morgan fingerprint density at radius 3 is 2.62 bits per heavy atom. The summed E-state index contributed by atoms with van der Waals surface area (Å²) in [4.78, 5) is 13.9. The molecule has 1 N–H and O–H groups in total. The minimum atomic E-state index is 0.254. The van der Waals surface area contributed by atoms with Crippen molar-refractivity contribution in [2.45, 2.75) is 31.2 Å². The van der Waals surface area contributed by atoms with Crippen molar-refractivity contribution in [3.63, 3.8) is 0 Å². The maximum Gasteiger partial charge on any atom is 0.224 e. The minimum absolute atomic E-state index is 0.254. The summed E-state index contributed by atoms with van der Waals surface area (Å²) >= 11 is 0. The van der Waals surface area contributed by atoms with Crippen LogP contribution in [0.1, 0.15) is 30.7 Å². The zero-order valence-electron chi connectivity index (χ0n) is 12.5. The molecule has 1 heterocycles. The Kier molecular flexibility index (Phi) is 4.88. The maximum absolute atomic E-state index is 12.0. The third-order valence-electron chi connectivity index (χ3n) is 4.54. The van der Waals surface area contributed by atoms with Gasteiger partial charge in [0, 0.05) is 32.1 Å². The van der Waals surface area contributed by atoms with Crippen molar-refractivity contribution < 1.29 is 9.53 Å². The molecule has 1 aromatic carbocycles. The highest BCUT2D eigenvalue weighted by Crippen LogP contribution is 2.36. The molecule has 1 saturated heterocycles. The van der Waals surface area contributed by atoms with E-state index in [9.17, 15) is 4.79 Å². The second-order valence-corrected chi connectivity index (χ2v) is 5.97. The summed E-state index contributed by atoms with van der Waals surface area (Å²) in [6, 6.07) is 11.3. The van der Waals surface area contributed by atoms with Crippen LogP contribution in [0.4, 0.5) is 0 Å². The predicted molar refractivity (Wildman–Crippen MR) is 82.2 cm³/mol. The molecule has 1 saturated carbocycles. The fourth-order valence-electron chi connectivity index (χ4n) is 3.14. The number of amides is 1. The van der Waals surface area contributed by atoms with E-state index >= 15 is 0 Å². The first kappa shape index (κ1) is 14.5. The van der Waals surface area contributed by atoms with Gasteiger partial charge in [-0.25, -0.2) is 0 Å². The van der Waals surface area contributed by atoms with E-state index in [1.807, 2.05) is 4.90 Å². The van der Waals surface area contributed by atoms with Crippen LogP contribution in [0.3, 0.4) is 0 Å². The highest BCUT2D eigenvalue weighted by Gasteiger charge is 2.29. The van der Waals surface area contributed by atoms with Crippen LogP contribution in [0, 0.1) is 0 Å². The lowest BCUT2D eigenvalue weighted by Gasteiger charge is -2.36. The molecule has 0 atom stereocenters. The standard InChI is InChI=1S/C17H24N2O2/c20-17(19-8-10-21-11-9-19)6-7-18-16-12-15(13-16)14-4-2-1-3-5-14/h1-5,15-16,18H,6-13H2. The van der Waals surface area contributed by atoms with E-state index in [0.717, 1.165) is 19.6 Å². The molecule has 0 spiro atoms. The van der Waals surface area contributed by atoms with E-state index in [-0.39, 0.29) is 5.91 Å². The zero-order chi connectivity index (χ0) is 14.5. The molecule has 4 heteroatoms. The molecule has 0 unspecified atom stereocenters. The number of carbonyl (C=O) groups excluding carboxylic acids is 1. The van der Waals surface area contributed by atoms with Gasteiger partial charge in [-0.05, 0) is 24.3 Å². The van der Waals surface area contributed by atoms with Gasteiger partial charge in [0.05, 0.1) is 13.2 Å². The van der Waals surface area contributed by atoms with Gasteiger partial charge >= 0.3 is 0 Å². The van der Waals surface area contributed by atoms with Gasteiger partial charge in [0.2, 0.25) is 5.91 Å². The van der Waals surface area contributed by atoms with Crippen molar-refractivity contribution in [1.29, 1.82) is 0 Å². The van der Waals surface area contributed by atoms with Gasteiger partial charge in [0.25, 0.3) is 0 Å². The van der Waals surface area contributed by atoms with Gasteiger partial charge in [-0.2, -0.15) is 0 Å². The largest absolute Gasteiger partial charge is 0.378 e. The number of ether oxygens (including phenoxy) is 1. The van der Waals surface area contributed by atoms with Crippen LogP contribution in [0.2, 0.25) is 0 Å². The van der Waals surface area contributed by atoms with Crippen LogP contribution in [0.15, 0.2) is 30.3 Å². The normalized spacial score (nSPS) is 25.4. The van der Waals surface area contributed by atoms with Crippen LogP contribution < -0.4 is 5.32 Å². The second-order valence-electron chi connectivity index (χ2n) is 5.97. The first-order valence-corrected chi connectivity index (χ1v) is 7.97. The number of hydrogen-bond donors (Lipinski definition) is 1. The SMILES string of the molecule is O=C(CCNC1CC(c2ccccc2)C1)N1CCOCC1. The van der Waals surface area contributed by atoms with Gasteiger partial charge in [0.15, 0.2) is 0 Å². The van der Waals surface area contributed by atoms with E-state index in [1.165, 1.54) is 18.4 Å². The predicted octanol–water partition coefficient (Wildman–Crippen LogP) is 1.77. The third kappa shape index (κ3) is 3.83. The maximum atomic E-state index is 12.0. The minimum Gasteiger partial charge on any atom is -0.378 e. The molecule has 2 aliphatic rings. The van der Waals surface area contributed by atoms with E-state index in [4.69, 9.17) is 4.74 Å². The monoisotopic (exact) mass is 288 g/mol. The molecular formula is C17H24N2O2. The van der Waals surface area contributed by atoms with Crippen LogP contribution in [-0.4, -0.2) is 49.7 Å². The van der Waals surface area contributed by atoms with Crippen LogP contribution in [-0.2, 0) is 9.53 Å². The molecule has 0 aromatic heterocycles. The van der Waals surface area contributed by atoms with Crippen LogP contribution >= 0.6 is 0 Å². The van der Waals surface area contributed by atoms with Gasteiger partial charge in [-0.1, -0.05) is 30.3 Å². The Bertz CT molecular complexity index is 451. The summed E-state index contributed by atoms with van der Waals surface area (Å²) in [6.07, 6.45) is 2.98. The lowest BCUT2D eigenvalue weighted by Crippen LogP contribution is -2.44. The Morgan fingerprint density at radius 2 is 1.90 bits per heavy atom. The number of nitrogens with one attached hydrogen (secondary N) is 1. The lowest BCUT2D eigenvalue weighted by molar-refractivity contribution is -0.135. The van der Waals surface area contributed by atoms with Crippen molar-refractivity contribution >= 4 is 5.91 Å². The zero-order valence-corrected chi connectivity index (χ0v) is 12.5. The summed E-state index contributed by atoms with van der Waals surface area (Å²) in [5.74, 6) is 0.948. The fourth-order valence-corrected chi connectivity index (χ4v) is 3.14. The van der Waals surface area contributed by atoms with Gasteiger partial charge < -0.3 is 15.0 Å². The summed E-state index contributed by atoms with van der Waals surface area (Å²) in [5, 5.41) is 3.51. The van der Waals surface area contributed by atoms with Gasteiger partial charge in [-0.3, -0.25) is 4.79 Å². The topological polar surface area (TPSA) is 41.6 Å². The molecule has 1 aliphatic heterocycles. The van der Waals surface area contributed by atoms with Crippen molar-refractivity contribution in [3.05, 3.63) is 35.9 Å². The highest BCUT2D eigenvalue weighted by atomic mass is 16.5. The number of benzene rings is 1. The average molecular weight is 288 g/mol. The van der Waals surface area contributed by atoms with E-state index in [1.54, 1.807) is 0 Å². The number of nitrogens with zero attached hydrogens (tertiary/aromatic N) is 1. The number of morpholine rings is 1. The summed E-state index contributed by atoms with van der Waals surface area (Å²) in [6.45, 7) is 3.65. The Hall–Kier alpha value is -1.39. The smallest absolute Gasteiger partial charge is 0.224 e. The number of rotatable bonds is 5. The molecule has 0 bridgehead atoms. The molecular weight excluding hydrogens is 264 g/mol. The second kappa shape index (κ2) is 7.05. The summed E-state index contributed by atoms with van der Waals surface area (Å²) < 4.78 is 5.26. The van der Waals surface area contributed by atoms with E-state index in [2.05, 4.69) is 35.6 Å². The molecule has 2 fully saturated rings. The molecule has 0 radical (unpaired) electrons. The molecule has 1 aliphatic carbocycles. The quantitative estimate of drug-likeness (QED) is 0.898. The average Bonchev–Trinajstić information content (AvgIpc) is 2.51. The van der Waals surface area contributed by atoms with Crippen molar-refractivity contribution in [1.82, 2.24) is 10.2 Å². The summed E-state index contributed by atoms with van der Waals surface area (Å²) in [5.41, 5.74) is 1.44. The first-order valence-electron chi connectivity index (χ1n) is 7.97. The Balaban J connectivity index is 1.32. The lowest BCUT2D eigenvalue weighted by atomic mass is 9.76. The van der Waals surface area contributed by atoms with Crippen LogP contribution in [0.5, 0.6) is 0 Å². The highest BCUT2D eigenvalue weighted by molar-refractivity contribution is 5.76. The number of hydrogen-bond acceptors (Lipinski definition) is 3. The molecule has 114 valence electrons. The molecule has 4 nitrogen and oxygen atoms in total. The molecule has 21 heavy (non-hydrogen) atoms. The molecule has 3 rings (SSSR count). The third-order valence-corrected chi connectivity index (χ3v) is 4.54. The van der Waals surface area contributed by atoms with Crippen molar-refractivity contribution in [3.8, 4) is 0 Å². The Morgan fingerprint density at radius 1 is 1.19 bits per heavy atom. The van der Waals surface area contributed by atoms with E-state index in [0.29, 0.717) is 31.6 Å². The van der Waals surface area contributed by atoms with Gasteiger partial charge in [-0.15, -0.1) is 0 Å². The van der Waals surface area contributed by atoms with Crippen molar-refractivity contribution in [2.24, 2.45) is 0 Å². The summed E-state index contributed by atoms with van der Waals surface area (Å²) in [7, 11) is 0. The molecule has 1 amide bonds. The fraction of sp³-hybridized carbons (Fsp3) is 0.588. The van der Waals surface area contributed by atoms with Gasteiger partial charge in [0.1, 0.15) is 0 Å². The van der Waals surface area contributed by atoms with E-state index < -0.39 is 0 Å². The van der Waals surface area contributed by atoms with Crippen molar-refractivity contribution in [2.75, 3.05) is 32.8 Å². The molecule has 1 aromatic rings. The number of carbonyl (C=O) groups is 1.